The second-order valence-electron chi connectivity index (χ2n) is 6.60. The highest BCUT2D eigenvalue weighted by molar-refractivity contribution is 5.85. The molecule has 8 heteroatoms. The maximum absolute atomic E-state index is 12.1. The van der Waals surface area contributed by atoms with Crippen LogP contribution in [0.3, 0.4) is 0 Å². The summed E-state index contributed by atoms with van der Waals surface area (Å²) in [5, 5.41) is 3.11. The number of methoxy groups -OCH3 is 2. The number of benzene rings is 1. The number of carbonyl (C=O) groups excluding carboxylic acids is 1. The molecule has 1 amide bonds. The van der Waals surface area contributed by atoms with E-state index in [0.717, 1.165) is 43.1 Å². The molecule has 3 N–H and O–H groups in total. The lowest BCUT2D eigenvalue weighted by Crippen LogP contribution is -2.44. The van der Waals surface area contributed by atoms with Crippen LogP contribution >= 0.6 is 24.8 Å². The van der Waals surface area contributed by atoms with Gasteiger partial charge in [-0.15, -0.1) is 24.8 Å². The zero-order valence-electron chi connectivity index (χ0n) is 15.9. The third-order valence-electron chi connectivity index (χ3n) is 4.64. The van der Waals surface area contributed by atoms with Crippen LogP contribution in [-0.2, 0) is 11.3 Å². The number of carbonyl (C=O) groups is 1. The van der Waals surface area contributed by atoms with E-state index < -0.39 is 0 Å². The Morgan fingerprint density at radius 3 is 2.31 bits per heavy atom. The Kier molecular flexibility index (Phi) is 11.0. The summed E-state index contributed by atoms with van der Waals surface area (Å²) in [7, 11) is 3.30. The van der Waals surface area contributed by atoms with E-state index in [2.05, 4.69) is 10.2 Å². The van der Waals surface area contributed by atoms with Gasteiger partial charge in [0.1, 0.15) is 11.5 Å². The standard InChI is InChI=1S/C18H29N3O3.2ClH/c1-12(13(2)19)18(22)20-15-5-6-21(11-15)10-14-7-16(23-3)9-17(8-14)24-4;;/h7-9,12-13,15H,5-6,10-11,19H2,1-4H3,(H,20,22);2*1H. The molecule has 1 fully saturated rings. The predicted octanol–water partition coefficient (Wildman–Crippen LogP) is 2.22. The summed E-state index contributed by atoms with van der Waals surface area (Å²) in [5.74, 6) is 1.46. The van der Waals surface area contributed by atoms with Gasteiger partial charge in [-0.3, -0.25) is 9.69 Å². The fraction of sp³-hybridized carbons (Fsp3) is 0.611. The summed E-state index contributed by atoms with van der Waals surface area (Å²) in [4.78, 5) is 14.5. The molecule has 0 aromatic heterocycles. The number of nitrogens with one attached hydrogen (secondary N) is 1. The molecule has 0 radical (unpaired) electrons. The van der Waals surface area contributed by atoms with Crippen LogP contribution in [0.15, 0.2) is 18.2 Å². The molecule has 26 heavy (non-hydrogen) atoms. The Morgan fingerprint density at radius 2 is 1.81 bits per heavy atom. The first-order valence-corrected chi connectivity index (χ1v) is 8.43. The van der Waals surface area contributed by atoms with Crippen molar-refractivity contribution < 1.29 is 14.3 Å². The fourth-order valence-corrected chi connectivity index (χ4v) is 2.88. The van der Waals surface area contributed by atoms with Gasteiger partial charge in [-0.05, 0) is 31.0 Å². The number of nitrogens with two attached hydrogens (primary N) is 1. The summed E-state index contributed by atoms with van der Waals surface area (Å²) >= 11 is 0. The SMILES string of the molecule is COc1cc(CN2CCC(NC(=O)C(C)C(C)N)C2)cc(OC)c1.Cl.Cl. The van der Waals surface area contributed by atoms with Crippen molar-refractivity contribution in [2.24, 2.45) is 11.7 Å². The molecule has 1 aromatic rings. The van der Waals surface area contributed by atoms with Gasteiger partial charge in [0.2, 0.25) is 5.91 Å². The highest BCUT2D eigenvalue weighted by Crippen LogP contribution is 2.24. The van der Waals surface area contributed by atoms with Gasteiger partial charge >= 0.3 is 0 Å². The molecule has 1 saturated heterocycles. The first-order chi connectivity index (χ1) is 11.4. The highest BCUT2D eigenvalue weighted by Gasteiger charge is 2.26. The van der Waals surface area contributed by atoms with Crippen molar-refractivity contribution in [3.8, 4) is 11.5 Å². The van der Waals surface area contributed by atoms with E-state index in [1.165, 1.54) is 0 Å². The molecule has 2 rings (SSSR count). The lowest BCUT2D eigenvalue weighted by atomic mass is 10.0. The van der Waals surface area contributed by atoms with E-state index >= 15 is 0 Å². The molecule has 1 aliphatic rings. The quantitative estimate of drug-likeness (QED) is 0.724. The molecule has 6 nitrogen and oxygen atoms in total. The van der Waals surface area contributed by atoms with Crippen LogP contribution in [-0.4, -0.2) is 50.2 Å². The number of rotatable bonds is 7. The molecular weight excluding hydrogens is 377 g/mol. The van der Waals surface area contributed by atoms with Crippen molar-refractivity contribution in [3.63, 3.8) is 0 Å². The number of halogens is 2. The molecule has 1 aliphatic heterocycles. The summed E-state index contributed by atoms with van der Waals surface area (Å²) in [5.41, 5.74) is 6.94. The molecule has 0 aliphatic carbocycles. The van der Waals surface area contributed by atoms with Crippen molar-refractivity contribution in [2.75, 3.05) is 27.3 Å². The minimum absolute atomic E-state index is 0. The number of likely N-dealkylation sites (tertiary alicyclic amines) is 1. The average molecular weight is 408 g/mol. The van der Waals surface area contributed by atoms with E-state index in [1.54, 1.807) is 14.2 Å². The first-order valence-electron chi connectivity index (χ1n) is 8.43. The van der Waals surface area contributed by atoms with E-state index in [-0.39, 0.29) is 48.7 Å². The smallest absolute Gasteiger partial charge is 0.224 e. The predicted molar refractivity (Wildman–Crippen MR) is 109 cm³/mol. The van der Waals surface area contributed by atoms with Gasteiger partial charge in [-0.2, -0.15) is 0 Å². The molecule has 3 atom stereocenters. The zero-order valence-corrected chi connectivity index (χ0v) is 17.5. The van der Waals surface area contributed by atoms with Gasteiger partial charge in [0.25, 0.3) is 0 Å². The summed E-state index contributed by atoms with van der Waals surface area (Å²) < 4.78 is 10.6. The maximum Gasteiger partial charge on any atom is 0.224 e. The van der Waals surface area contributed by atoms with Gasteiger partial charge in [0.15, 0.2) is 0 Å². The maximum atomic E-state index is 12.1. The van der Waals surface area contributed by atoms with Crippen LogP contribution in [0, 0.1) is 5.92 Å². The van der Waals surface area contributed by atoms with Crippen LogP contribution in [0.2, 0.25) is 0 Å². The lowest BCUT2D eigenvalue weighted by molar-refractivity contribution is -0.125. The van der Waals surface area contributed by atoms with Crippen LogP contribution in [0.25, 0.3) is 0 Å². The number of amides is 1. The van der Waals surface area contributed by atoms with Crippen molar-refractivity contribution in [1.29, 1.82) is 0 Å². The Bertz CT molecular complexity index is 550. The fourth-order valence-electron chi connectivity index (χ4n) is 2.88. The molecule has 0 bridgehead atoms. The second kappa shape index (κ2) is 11.5. The topological polar surface area (TPSA) is 76.8 Å². The van der Waals surface area contributed by atoms with Gasteiger partial charge in [0, 0.05) is 43.7 Å². The van der Waals surface area contributed by atoms with E-state index in [9.17, 15) is 4.79 Å². The van der Waals surface area contributed by atoms with Crippen molar-refractivity contribution >= 4 is 30.7 Å². The molecule has 1 heterocycles. The van der Waals surface area contributed by atoms with Gasteiger partial charge in [-0.1, -0.05) is 6.92 Å². The van der Waals surface area contributed by atoms with Crippen LogP contribution < -0.4 is 20.5 Å². The minimum Gasteiger partial charge on any atom is -0.497 e. The lowest BCUT2D eigenvalue weighted by Gasteiger charge is -2.20. The normalized spacial score (nSPS) is 18.9. The molecular formula is C18H31Cl2N3O3. The average Bonchev–Trinajstić information content (AvgIpc) is 3.00. The molecule has 0 spiro atoms. The molecule has 0 saturated carbocycles. The third kappa shape index (κ3) is 6.83. The van der Waals surface area contributed by atoms with Gasteiger partial charge in [-0.25, -0.2) is 0 Å². The van der Waals surface area contributed by atoms with Crippen LogP contribution in [0.5, 0.6) is 11.5 Å². The van der Waals surface area contributed by atoms with Gasteiger partial charge < -0.3 is 20.5 Å². The van der Waals surface area contributed by atoms with Crippen LogP contribution in [0.1, 0.15) is 25.8 Å². The van der Waals surface area contributed by atoms with Crippen molar-refractivity contribution in [2.45, 2.75) is 38.9 Å². The van der Waals surface area contributed by atoms with Gasteiger partial charge in [0.05, 0.1) is 14.2 Å². The summed E-state index contributed by atoms with van der Waals surface area (Å²) in [6.45, 7) is 6.34. The third-order valence-corrected chi connectivity index (χ3v) is 4.64. The largest absolute Gasteiger partial charge is 0.497 e. The van der Waals surface area contributed by atoms with Crippen molar-refractivity contribution in [3.05, 3.63) is 23.8 Å². The molecule has 1 aromatic carbocycles. The number of nitrogens with zero attached hydrogens (tertiary/aromatic N) is 1. The second-order valence-corrected chi connectivity index (χ2v) is 6.60. The van der Waals surface area contributed by atoms with E-state index in [0.29, 0.717) is 0 Å². The van der Waals surface area contributed by atoms with Crippen molar-refractivity contribution in [1.82, 2.24) is 10.2 Å². The Balaban J connectivity index is 0.00000312. The Labute approximate surface area is 168 Å². The number of ether oxygens (including phenoxy) is 2. The monoisotopic (exact) mass is 407 g/mol. The first kappa shape index (κ1) is 24.8. The number of hydrogen-bond donors (Lipinski definition) is 2. The Morgan fingerprint density at radius 1 is 1.23 bits per heavy atom. The zero-order chi connectivity index (χ0) is 17.7. The van der Waals surface area contributed by atoms with E-state index in [1.807, 2.05) is 32.0 Å². The summed E-state index contributed by atoms with van der Waals surface area (Å²) in [6.07, 6.45) is 0.957. The summed E-state index contributed by atoms with van der Waals surface area (Å²) in [6, 6.07) is 5.96. The highest BCUT2D eigenvalue weighted by atomic mass is 35.5. The molecule has 150 valence electrons. The minimum atomic E-state index is -0.165. The van der Waals surface area contributed by atoms with Crippen LogP contribution in [0.4, 0.5) is 0 Å². The number of hydrogen-bond acceptors (Lipinski definition) is 5. The molecule has 3 unspecified atom stereocenters. The van der Waals surface area contributed by atoms with E-state index in [4.69, 9.17) is 15.2 Å². The Hall–Kier alpha value is -1.21.